The van der Waals surface area contributed by atoms with Crippen LogP contribution in [0.3, 0.4) is 0 Å². The minimum absolute atomic E-state index is 0.0672. The third kappa shape index (κ3) is 4.21. The number of ether oxygens (including phenoxy) is 1. The molecule has 0 radical (unpaired) electrons. The van der Waals surface area contributed by atoms with Crippen LogP contribution in [0.1, 0.15) is 21.5 Å². The molecule has 142 valence electrons. The molecule has 0 aliphatic rings. The summed E-state index contributed by atoms with van der Waals surface area (Å²) in [4.78, 5) is 29.8. The summed E-state index contributed by atoms with van der Waals surface area (Å²) in [6.45, 7) is 3.78. The van der Waals surface area contributed by atoms with Gasteiger partial charge in [0.1, 0.15) is 12.1 Å². The summed E-state index contributed by atoms with van der Waals surface area (Å²) in [5, 5.41) is 23.4. The fraction of sp³-hybridized carbons (Fsp3) is 0.105. The lowest BCUT2D eigenvalue weighted by Gasteiger charge is -2.10. The molecule has 0 unspecified atom stereocenters. The number of aryl methyl sites for hydroxylation is 2. The van der Waals surface area contributed by atoms with Crippen LogP contribution in [0.5, 0.6) is 11.6 Å². The number of carboxylic acids is 1. The van der Waals surface area contributed by atoms with Crippen LogP contribution >= 0.6 is 0 Å². The Morgan fingerprint density at radius 1 is 1.11 bits per heavy atom. The first-order valence-corrected chi connectivity index (χ1v) is 8.19. The number of anilines is 2. The van der Waals surface area contributed by atoms with E-state index in [-0.39, 0.29) is 17.3 Å². The largest absolute Gasteiger partial charge is 0.478 e. The van der Waals surface area contributed by atoms with Crippen molar-refractivity contribution < 1.29 is 19.6 Å². The van der Waals surface area contributed by atoms with Crippen molar-refractivity contribution in [3.63, 3.8) is 0 Å². The number of hydrogen-bond donors (Lipinski definition) is 2. The van der Waals surface area contributed by atoms with E-state index in [4.69, 9.17) is 9.84 Å². The molecule has 0 bridgehead atoms. The quantitative estimate of drug-likeness (QED) is 0.480. The highest BCUT2D eigenvalue weighted by Gasteiger charge is 2.25. The molecular weight excluding hydrogens is 364 g/mol. The first-order chi connectivity index (χ1) is 13.3. The number of carbonyl (C=O) groups is 1. The maximum Gasteiger partial charge on any atom is 0.373 e. The lowest BCUT2D eigenvalue weighted by atomic mass is 10.1. The zero-order chi connectivity index (χ0) is 20.3. The Labute approximate surface area is 159 Å². The smallest absolute Gasteiger partial charge is 0.373 e. The summed E-state index contributed by atoms with van der Waals surface area (Å²) in [6.07, 6.45) is 1.15. The van der Waals surface area contributed by atoms with Gasteiger partial charge >= 0.3 is 17.5 Å². The van der Waals surface area contributed by atoms with E-state index < -0.39 is 16.6 Å². The van der Waals surface area contributed by atoms with Crippen LogP contribution in [0.15, 0.2) is 48.8 Å². The van der Waals surface area contributed by atoms with E-state index in [0.717, 1.165) is 17.5 Å². The molecule has 3 aromatic rings. The highest BCUT2D eigenvalue weighted by molar-refractivity contribution is 5.88. The van der Waals surface area contributed by atoms with Gasteiger partial charge < -0.3 is 15.2 Å². The lowest BCUT2D eigenvalue weighted by molar-refractivity contribution is -0.385. The van der Waals surface area contributed by atoms with E-state index >= 15 is 0 Å². The zero-order valence-corrected chi connectivity index (χ0v) is 15.0. The highest BCUT2D eigenvalue weighted by Crippen LogP contribution is 2.35. The molecule has 0 aliphatic heterocycles. The van der Waals surface area contributed by atoms with E-state index in [1.54, 1.807) is 12.1 Å². The number of benzene rings is 2. The second kappa shape index (κ2) is 7.70. The average molecular weight is 380 g/mol. The van der Waals surface area contributed by atoms with Crippen molar-refractivity contribution in [3.8, 4) is 11.6 Å². The number of nitrogens with one attached hydrogen (secondary N) is 1. The van der Waals surface area contributed by atoms with Crippen LogP contribution < -0.4 is 10.1 Å². The van der Waals surface area contributed by atoms with Crippen LogP contribution in [0.25, 0.3) is 0 Å². The van der Waals surface area contributed by atoms with Crippen LogP contribution in [0.4, 0.5) is 17.2 Å². The van der Waals surface area contributed by atoms with Gasteiger partial charge in [0.05, 0.1) is 10.5 Å². The summed E-state index contributed by atoms with van der Waals surface area (Å²) in [6, 6.07) is 11.2. The van der Waals surface area contributed by atoms with Crippen LogP contribution in [0.2, 0.25) is 0 Å². The molecule has 0 aliphatic carbocycles. The Hall–Kier alpha value is -4.01. The van der Waals surface area contributed by atoms with Gasteiger partial charge in [0.25, 0.3) is 0 Å². The van der Waals surface area contributed by atoms with Gasteiger partial charge in [-0.15, -0.1) is 0 Å². The Kier molecular flexibility index (Phi) is 5.16. The van der Waals surface area contributed by atoms with E-state index in [1.807, 2.05) is 19.9 Å². The monoisotopic (exact) mass is 380 g/mol. The molecule has 28 heavy (non-hydrogen) atoms. The number of aromatic carboxylic acids is 1. The zero-order valence-electron chi connectivity index (χ0n) is 15.0. The SMILES string of the molecule is Cc1cc(C)cc(Oc2ncnc(Nc3ccc(C(=O)O)cc3)c2[N+](=O)[O-])c1. The van der Waals surface area contributed by atoms with E-state index in [9.17, 15) is 14.9 Å². The molecule has 1 aromatic heterocycles. The van der Waals surface area contributed by atoms with E-state index in [2.05, 4.69) is 15.3 Å². The van der Waals surface area contributed by atoms with Gasteiger partial charge in [-0.05, 0) is 61.4 Å². The molecule has 3 rings (SSSR count). The Balaban J connectivity index is 1.95. The Morgan fingerprint density at radius 3 is 2.32 bits per heavy atom. The third-order valence-corrected chi connectivity index (χ3v) is 3.78. The van der Waals surface area contributed by atoms with Crippen molar-refractivity contribution in [2.45, 2.75) is 13.8 Å². The Morgan fingerprint density at radius 2 is 1.75 bits per heavy atom. The third-order valence-electron chi connectivity index (χ3n) is 3.78. The molecule has 0 amide bonds. The summed E-state index contributed by atoms with van der Waals surface area (Å²) in [5.41, 5.74) is 2.00. The number of carboxylic acid groups (broad SMARTS) is 1. The van der Waals surface area contributed by atoms with Gasteiger partial charge in [-0.1, -0.05) is 6.07 Å². The first kappa shape index (κ1) is 18.8. The van der Waals surface area contributed by atoms with Crippen molar-refractivity contribution in [1.29, 1.82) is 0 Å². The molecule has 2 aromatic carbocycles. The minimum Gasteiger partial charge on any atom is -0.478 e. The number of nitro groups is 1. The maximum absolute atomic E-state index is 11.6. The van der Waals surface area contributed by atoms with Crippen LogP contribution in [0, 0.1) is 24.0 Å². The van der Waals surface area contributed by atoms with Crippen molar-refractivity contribution in [2.24, 2.45) is 0 Å². The second-order valence-electron chi connectivity index (χ2n) is 6.07. The van der Waals surface area contributed by atoms with Crippen molar-refractivity contribution in [3.05, 3.63) is 75.6 Å². The van der Waals surface area contributed by atoms with Gasteiger partial charge in [0.2, 0.25) is 5.82 Å². The molecule has 2 N–H and O–H groups in total. The predicted molar refractivity (Wildman–Crippen MR) is 101 cm³/mol. The van der Waals surface area contributed by atoms with Gasteiger partial charge in [-0.2, -0.15) is 4.98 Å². The summed E-state index contributed by atoms with van der Waals surface area (Å²) >= 11 is 0. The van der Waals surface area contributed by atoms with E-state index in [1.165, 1.54) is 24.3 Å². The predicted octanol–water partition coefficient (Wildman–Crippen LogP) is 4.24. The fourth-order valence-corrected chi connectivity index (χ4v) is 2.63. The Bertz CT molecular complexity index is 1030. The molecule has 0 saturated carbocycles. The summed E-state index contributed by atoms with van der Waals surface area (Å²) in [7, 11) is 0. The first-order valence-electron chi connectivity index (χ1n) is 8.19. The lowest BCUT2D eigenvalue weighted by Crippen LogP contribution is -2.04. The molecule has 0 fully saturated rings. The average Bonchev–Trinajstić information content (AvgIpc) is 2.61. The molecular formula is C19H16N4O5. The maximum atomic E-state index is 11.6. The topological polar surface area (TPSA) is 127 Å². The van der Waals surface area contributed by atoms with Crippen LogP contribution in [-0.2, 0) is 0 Å². The molecule has 0 atom stereocenters. The molecule has 0 saturated heterocycles. The van der Waals surface area contributed by atoms with Gasteiger partial charge in [-0.3, -0.25) is 10.1 Å². The van der Waals surface area contributed by atoms with Crippen molar-refractivity contribution >= 4 is 23.2 Å². The molecule has 1 heterocycles. The van der Waals surface area contributed by atoms with E-state index in [0.29, 0.717) is 11.4 Å². The van der Waals surface area contributed by atoms with Crippen molar-refractivity contribution in [2.75, 3.05) is 5.32 Å². The van der Waals surface area contributed by atoms with Gasteiger partial charge in [0, 0.05) is 5.69 Å². The molecule has 9 heteroatoms. The highest BCUT2D eigenvalue weighted by atomic mass is 16.6. The van der Waals surface area contributed by atoms with Gasteiger partial charge in [-0.25, -0.2) is 9.78 Å². The number of hydrogen-bond acceptors (Lipinski definition) is 7. The minimum atomic E-state index is -1.07. The normalized spacial score (nSPS) is 10.4. The summed E-state index contributed by atoms with van der Waals surface area (Å²) in [5.74, 6) is -0.906. The standard InChI is InChI=1S/C19H16N4O5/c1-11-7-12(2)9-15(8-11)28-18-16(23(26)27)17(20-10-21-18)22-14-5-3-13(4-6-14)19(24)25/h3-10H,1-2H3,(H,24,25)(H,20,21,22). The number of aromatic nitrogens is 2. The number of rotatable bonds is 6. The van der Waals surface area contributed by atoms with Crippen molar-refractivity contribution in [1.82, 2.24) is 9.97 Å². The summed E-state index contributed by atoms with van der Waals surface area (Å²) < 4.78 is 5.65. The number of nitrogens with zero attached hydrogens (tertiary/aromatic N) is 3. The molecule has 9 nitrogen and oxygen atoms in total. The fourth-order valence-electron chi connectivity index (χ4n) is 2.63. The molecule has 0 spiro atoms. The van der Waals surface area contributed by atoms with Crippen LogP contribution in [-0.4, -0.2) is 26.0 Å². The second-order valence-corrected chi connectivity index (χ2v) is 6.07. The van der Waals surface area contributed by atoms with Gasteiger partial charge in [0.15, 0.2) is 0 Å².